The first kappa shape index (κ1) is 21.9. The van der Waals surface area contributed by atoms with Gasteiger partial charge in [0.1, 0.15) is 5.76 Å². The number of nitrogens with zero attached hydrogens (tertiary/aromatic N) is 4. The number of benzene rings is 1. The van der Waals surface area contributed by atoms with Crippen molar-refractivity contribution in [1.82, 2.24) is 20.0 Å². The number of aliphatic imine (C=N–C) groups is 1. The average Bonchev–Trinajstić information content (AvgIpc) is 3.54. The molecule has 2 saturated heterocycles. The van der Waals surface area contributed by atoms with Crippen LogP contribution in [0.25, 0.3) is 0 Å². The normalized spacial score (nSPS) is 20.2. The molecule has 1 N–H and O–H groups in total. The zero-order valence-corrected chi connectivity index (χ0v) is 19.1. The molecular weight excluding hydrogens is 386 g/mol. The van der Waals surface area contributed by atoms with Gasteiger partial charge in [-0.3, -0.25) is 9.89 Å². The van der Waals surface area contributed by atoms with Gasteiger partial charge in [0.15, 0.2) is 5.96 Å². The van der Waals surface area contributed by atoms with Crippen LogP contribution in [0.1, 0.15) is 36.1 Å². The largest absolute Gasteiger partial charge is 0.468 e. The van der Waals surface area contributed by atoms with Gasteiger partial charge in [-0.2, -0.15) is 0 Å². The summed E-state index contributed by atoms with van der Waals surface area (Å²) in [6.45, 7) is 8.53. The Bertz CT molecular complexity index is 828. The SMILES string of the molecule is CN=C(NCc1ccccc1CN(C)Cc1ccco1)N1CCC(CN2CCCC2)C1. The first-order chi connectivity index (χ1) is 15.2. The van der Waals surface area contributed by atoms with Crippen molar-refractivity contribution in [1.29, 1.82) is 0 Å². The summed E-state index contributed by atoms with van der Waals surface area (Å²) >= 11 is 0. The lowest BCUT2D eigenvalue weighted by molar-refractivity contribution is 0.281. The Morgan fingerprint density at radius 2 is 1.90 bits per heavy atom. The fraction of sp³-hybridized carbons (Fsp3) is 0.560. The number of hydrogen-bond acceptors (Lipinski definition) is 4. The highest BCUT2D eigenvalue weighted by Gasteiger charge is 2.27. The Kier molecular flexibility index (Phi) is 7.65. The summed E-state index contributed by atoms with van der Waals surface area (Å²) in [5.41, 5.74) is 2.66. The summed E-state index contributed by atoms with van der Waals surface area (Å²) in [5, 5.41) is 3.63. The van der Waals surface area contributed by atoms with Gasteiger partial charge in [0.05, 0.1) is 12.8 Å². The molecule has 2 aliphatic rings. The molecule has 6 nitrogen and oxygen atoms in total. The van der Waals surface area contributed by atoms with Crippen molar-refractivity contribution in [3.8, 4) is 0 Å². The summed E-state index contributed by atoms with van der Waals surface area (Å²) in [6, 6.07) is 12.7. The molecule has 168 valence electrons. The van der Waals surface area contributed by atoms with Crippen molar-refractivity contribution in [3.05, 3.63) is 59.5 Å². The number of guanidine groups is 1. The standard InChI is InChI=1S/C25H37N5O/c1-26-25(30-14-11-21(18-30)17-29-12-5-6-13-29)27-16-22-8-3-4-9-23(22)19-28(2)20-24-10-7-15-31-24/h3-4,7-10,15,21H,5-6,11-14,16-20H2,1-2H3,(H,26,27). The highest BCUT2D eigenvalue weighted by atomic mass is 16.3. The van der Waals surface area contributed by atoms with Gasteiger partial charge in [-0.1, -0.05) is 24.3 Å². The lowest BCUT2D eigenvalue weighted by atomic mass is 10.1. The second kappa shape index (κ2) is 10.8. The Balaban J connectivity index is 1.29. The Hall–Kier alpha value is -2.31. The van der Waals surface area contributed by atoms with Crippen LogP contribution in [0, 0.1) is 5.92 Å². The Morgan fingerprint density at radius 3 is 2.65 bits per heavy atom. The van der Waals surface area contributed by atoms with E-state index < -0.39 is 0 Å². The molecule has 1 aromatic heterocycles. The molecular formula is C25H37N5O. The minimum atomic E-state index is 0.763. The van der Waals surface area contributed by atoms with Gasteiger partial charge in [-0.05, 0) is 68.6 Å². The van der Waals surface area contributed by atoms with Crippen molar-refractivity contribution in [2.75, 3.05) is 46.8 Å². The van der Waals surface area contributed by atoms with E-state index in [0.29, 0.717) is 0 Å². The van der Waals surface area contributed by atoms with Crippen molar-refractivity contribution in [2.24, 2.45) is 10.9 Å². The second-order valence-corrected chi connectivity index (χ2v) is 9.03. The highest BCUT2D eigenvalue weighted by molar-refractivity contribution is 5.80. The van der Waals surface area contributed by atoms with Crippen molar-refractivity contribution >= 4 is 5.96 Å². The smallest absolute Gasteiger partial charge is 0.193 e. The number of nitrogens with one attached hydrogen (secondary N) is 1. The summed E-state index contributed by atoms with van der Waals surface area (Å²) in [5.74, 6) is 2.79. The van der Waals surface area contributed by atoms with Gasteiger partial charge in [-0.15, -0.1) is 0 Å². The molecule has 1 aromatic carbocycles. The molecule has 0 amide bonds. The fourth-order valence-corrected chi connectivity index (χ4v) is 4.91. The summed E-state index contributed by atoms with van der Waals surface area (Å²) in [7, 11) is 4.04. The monoisotopic (exact) mass is 423 g/mol. The number of likely N-dealkylation sites (tertiary alicyclic amines) is 2. The molecule has 3 heterocycles. The number of rotatable bonds is 8. The first-order valence-electron chi connectivity index (χ1n) is 11.7. The van der Waals surface area contributed by atoms with Crippen LogP contribution in [0.15, 0.2) is 52.1 Å². The van der Waals surface area contributed by atoms with E-state index in [1.807, 2.05) is 19.2 Å². The predicted octanol–water partition coefficient (Wildman–Crippen LogP) is 3.40. The molecule has 6 heteroatoms. The molecule has 1 unspecified atom stereocenters. The maximum Gasteiger partial charge on any atom is 0.193 e. The maximum absolute atomic E-state index is 5.49. The molecule has 31 heavy (non-hydrogen) atoms. The third kappa shape index (κ3) is 6.11. The molecule has 0 saturated carbocycles. The minimum Gasteiger partial charge on any atom is -0.468 e. The molecule has 2 aliphatic heterocycles. The molecule has 2 aromatic rings. The van der Waals surface area contributed by atoms with E-state index in [1.165, 1.54) is 50.0 Å². The van der Waals surface area contributed by atoms with Gasteiger partial charge in [0.2, 0.25) is 0 Å². The maximum atomic E-state index is 5.49. The molecule has 4 rings (SSSR count). The van der Waals surface area contributed by atoms with Gasteiger partial charge >= 0.3 is 0 Å². The molecule has 0 spiro atoms. The first-order valence-corrected chi connectivity index (χ1v) is 11.7. The van der Waals surface area contributed by atoms with E-state index >= 15 is 0 Å². The van der Waals surface area contributed by atoms with Gasteiger partial charge in [0.25, 0.3) is 0 Å². The molecule has 0 radical (unpaired) electrons. The van der Waals surface area contributed by atoms with E-state index in [4.69, 9.17) is 4.42 Å². The van der Waals surface area contributed by atoms with Crippen LogP contribution in [-0.4, -0.2) is 67.5 Å². The van der Waals surface area contributed by atoms with Crippen LogP contribution in [0.3, 0.4) is 0 Å². The Labute approximate surface area is 186 Å². The zero-order chi connectivity index (χ0) is 21.5. The van der Waals surface area contributed by atoms with Gasteiger partial charge in [0, 0.05) is 39.8 Å². The minimum absolute atomic E-state index is 0.763. The highest BCUT2D eigenvalue weighted by Crippen LogP contribution is 2.20. The predicted molar refractivity (Wildman–Crippen MR) is 126 cm³/mol. The zero-order valence-electron chi connectivity index (χ0n) is 19.1. The fourth-order valence-electron chi connectivity index (χ4n) is 4.91. The quantitative estimate of drug-likeness (QED) is 0.521. The van der Waals surface area contributed by atoms with Gasteiger partial charge < -0.3 is 19.5 Å². The van der Waals surface area contributed by atoms with Crippen LogP contribution in [-0.2, 0) is 19.6 Å². The van der Waals surface area contributed by atoms with Crippen LogP contribution in [0.2, 0.25) is 0 Å². The van der Waals surface area contributed by atoms with Crippen LogP contribution >= 0.6 is 0 Å². The molecule has 0 bridgehead atoms. The Morgan fingerprint density at radius 1 is 1.10 bits per heavy atom. The number of furan rings is 1. The summed E-state index contributed by atoms with van der Waals surface area (Å²) < 4.78 is 5.49. The van der Waals surface area contributed by atoms with Crippen molar-refractivity contribution in [2.45, 2.75) is 38.9 Å². The number of hydrogen-bond donors (Lipinski definition) is 1. The van der Waals surface area contributed by atoms with E-state index in [-0.39, 0.29) is 0 Å². The van der Waals surface area contributed by atoms with Crippen LogP contribution in [0.5, 0.6) is 0 Å². The molecule has 2 fully saturated rings. The van der Waals surface area contributed by atoms with E-state index in [2.05, 4.69) is 56.3 Å². The molecule has 1 atom stereocenters. The molecule has 0 aliphatic carbocycles. The second-order valence-electron chi connectivity index (χ2n) is 9.03. The lowest BCUT2D eigenvalue weighted by Crippen LogP contribution is -2.40. The van der Waals surface area contributed by atoms with Gasteiger partial charge in [-0.25, -0.2) is 0 Å². The third-order valence-electron chi connectivity index (χ3n) is 6.51. The summed E-state index contributed by atoms with van der Waals surface area (Å²) in [6.07, 6.45) is 5.75. The van der Waals surface area contributed by atoms with Crippen molar-refractivity contribution < 1.29 is 4.42 Å². The van der Waals surface area contributed by atoms with E-state index in [9.17, 15) is 0 Å². The lowest BCUT2D eigenvalue weighted by Gasteiger charge is -2.24. The van der Waals surface area contributed by atoms with E-state index in [0.717, 1.165) is 50.4 Å². The van der Waals surface area contributed by atoms with Crippen molar-refractivity contribution in [3.63, 3.8) is 0 Å². The average molecular weight is 424 g/mol. The topological polar surface area (TPSA) is 47.3 Å². The van der Waals surface area contributed by atoms with E-state index in [1.54, 1.807) is 6.26 Å². The van der Waals surface area contributed by atoms with Crippen LogP contribution < -0.4 is 5.32 Å². The third-order valence-corrected chi connectivity index (χ3v) is 6.51. The summed E-state index contributed by atoms with van der Waals surface area (Å²) in [4.78, 5) is 12.0. The van der Waals surface area contributed by atoms with Crippen LogP contribution in [0.4, 0.5) is 0 Å².